The highest BCUT2D eigenvalue weighted by molar-refractivity contribution is 6.93. The average Bonchev–Trinajstić information content (AvgIpc) is 1.64. The minimum atomic E-state index is -0.414. The van der Waals surface area contributed by atoms with Crippen LogP contribution >= 0.6 is 0 Å². The molecule has 0 unspecified atom stereocenters. The minimum absolute atomic E-state index is 0.0180. The summed E-state index contributed by atoms with van der Waals surface area (Å²) in [5, 5.41) is 5.37. The summed E-state index contributed by atoms with van der Waals surface area (Å²) in [4.78, 5) is 7.46. The molecule has 436 valence electrons. The van der Waals surface area contributed by atoms with E-state index < -0.39 is 6.85 Å². The molecule has 0 saturated carbocycles. The molecule has 3 aromatic heterocycles. The maximum Gasteiger partial charge on any atom is 0.376 e. The summed E-state index contributed by atoms with van der Waals surface area (Å²) < 4.78 is 22.3. The molecule has 3 aliphatic rings. The molecule has 12 aromatic rings. The van der Waals surface area contributed by atoms with E-state index in [1.807, 2.05) is 0 Å². The maximum atomic E-state index is 7.76. The first kappa shape index (κ1) is 55.2. The second kappa shape index (κ2) is 18.6. The minimum Gasteiger partial charge on any atom is -0.466 e. The van der Waals surface area contributed by atoms with Crippen LogP contribution in [0.15, 0.2) is 183 Å². The Morgan fingerprint density at radius 1 is 0.402 bits per heavy atom. The molecule has 1 aliphatic carbocycles. The normalized spacial score (nSPS) is 15.6. The Labute approximate surface area is 513 Å². The third-order valence-corrected chi connectivity index (χ3v) is 19.9. The molecule has 9 aromatic carbocycles. The molecule has 0 N–H and O–H groups in total. The van der Waals surface area contributed by atoms with Crippen LogP contribution in [-0.4, -0.2) is 6.85 Å². The van der Waals surface area contributed by atoms with E-state index in [-0.39, 0.29) is 32.5 Å². The second-order valence-electron chi connectivity index (χ2n) is 30.9. The number of furan rings is 3. The predicted octanol–water partition coefficient (Wildman–Crippen LogP) is 21.9. The number of para-hydroxylation sites is 1. The zero-order valence-corrected chi connectivity index (χ0v) is 53.7. The van der Waals surface area contributed by atoms with E-state index >= 15 is 0 Å². The van der Waals surface area contributed by atoms with Gasteiger partial charge in [0.05, 0.1) is 11.4 Å². The van der Waals surface area contributed by atoms with E-state index in [1.165, 1.54) is 33.4 Å². The third kappa shape index (κ3) is 8.63. The highest BCUT2D eigenvalue weighted by atomic mass is 16.3. The van der Waals surface area contributed by atoms with Gasteiger partial charge in [-0.05, 0) is 187 Å². The fourth-order valence-corrected chi connectivity index (χ4v) is 14.6. The summed E-state index contributed by atoms with van der Waals surface area (Å²) in [6.07, 6.45) is 2.21. The fourth-order valence-electron chi connectivity index (χ4n) is 14.6. The molecule has 0 spiro atoms. The fraction of sp³-hybridized carbons (Fsp3) is 0.300. The van der Waals surface area contributed by atoms with Crippen LogP contribution in [0.1, 0.15) is 157 Å². The second-order valence-corrected chi connectivity index (χ2v) is 30.9. The Hall–Kier alpha value is -8.42. The van der Waals surface area contributed by atoms with Crippen molar-refractivity contribution in [1.82, 2.24) is 0 Å². The van der Waals surface area contributed by atoms with E-state index in [4.69, 9.17) is 13.3 Å². The van der Waals surface area contributed by atoms with Crippen molar-refractivity contribution < 1.29 is 13.3 Å². The quantitative estimate of drug-likeness (QED) is 0.160. The molecule has 5 heterocycles. The van der Waals surface area contributed by atoms with E-state index in [0.717, 1.165) is 135 Å². The molecule has 0 radical (unpaired) electrons. The van der Waals surface area contributed by atoms with Crippen LogP contribution in [0, 0.1) is 0 Å². The van der Waals surface area contributed by atoms with Crippen molar-refractivity contribution in [3.63, 3.8) is 0 Å². The molecule has 0 bridgehead atoms. The van der Waals surface area contributed by atoms with Gasteiger partial charge >= 0.3 is 6.85 Å². The van der Waals surface area contributed by atoms with Crippen LogP contribution in [0.2, 0.25) is 0 Å². The Morgan fingerprint density at radius 3 is 1.46 bits per heavy atom. The molecule has 0 atom stereocenters. The number of nitrogens with zero attached hydrogens (tertiary/aromatic N) is 3. The molecule has 0 amide bonds. The number of hydrogen-bond donors (Lipinski definition) is 0. The zero-order chi connectivity index (χ0) is 60.8. The van der Waals surface area contributed by atoms with Gasteiger partial charge in [0, 0.05) is 72.7 Å². The monoisotopic (exact) mass is 1140 g/mol. The third-order valence-electron chi connectivity index (χ3n) is 19.9. The van der Waals surface area contributed by atoms with Crippen molar-refractivity contribution in [2.45, 2.75) is 156 Å². The Balaban J connectivity index is 1.04. The maximum absolute atomic E-state index is 7.76. The van der Waals surface area contributed by atoms with Crippen LogP contribution in [0.5, 0.6) is 0 Å². The average molecular weight is 1140 g/mol. The molecule has 15 rings (SSSR count). The van der Waals surface area contributed by atoms with Crippen LogP contribution in [-0.2, 0) is 32.5 Å². The van der Waals surface area contributed by atoms with Crippen molar-refractivity contribution in [3.8, 4) is 11.1 Å². The highest BCUT2D eigenvalue weighted by Crippen LogP contribution is 2.56. The SMILES string of the molecule is CC(C)(C)c1ccc(N2B3c4oc5cc6c(cc5c4N(c4ccc(C(C)(C)C)cc4)c4c3c(cc3c4oc4ccccc43)-c3cc4c(cc32)oc2ccc(N(c3ccc(C(C)(C)C)cc3)c3ccc(C(C)(C)C)cc3)cc24)C(C)(C)CCC6(C)C)cc1. The standard InChI is InChI=1S/C80H80BN3O3/c1-75(2,3)47-21-29-51(30-22-47)82(52-31-23-48(24-32-52)76(4,5)6)55-37-38-67-58(41-55)59-42-57-60-43-61-56-19-17-18-20-66(56)86-73(61)72-70(60)81(84(65(57)46-69(59)85-67)54-35-27-50(28-36-54)78(10,11)12)74-71(83(72)53-33-25-49(26-34-53)77(7,8)9)62-44-63-64(45-68(62)87-74)80(15,16)40-39-79(63,13)14/h17-38,41-46H,39-40H2,1-16H3. The van der Waals surface area contributed by atoms with Crippen LogP contribution < -0.4 is 25.7 Å². The van der Waals surface area contributed by atoms with Gasteiger partial charge in [-0.25, -0.2) is 0 Å². The number of benzene rings is 9. The van der Waals surface area contributed by atoms with Crippen LogP contribution in [0.3, 0.4) is 0 Å². The van der Waals surface area contributed by atoms with E-state index in [2.05, 4.69) is 295 Å². The number of rotatable bonds is 5. The predicted molar refractivity (Wildman–Crippen MR) is 369 cm³/mol. The van der Waals surface area contributed by atoms with E-state index in [0.29, 0.717) is 0 Å². The number of hydrogen-bond acceptors (Lipinski definition) is 6. The summed E-state index contributed by atoms with van der Waals surface area (Å²) >= 11 is 0. The van der Waals surface area contributed by atoms with Crippen LogP contribution in [0.25, 0.3) is 66.0 Å². The molecule has 0 saturated heterocycles. The molecule has 6 nitrogen and oxygen atoms in total. The number of fused-ring (bicyclic) bond motifs is 14. The summed E-state index contributed by atoms with van der Waals surface area (Å²) in [6.45, 7) is 36.7. The zero-order valence-electron chi connectivity index (χ0n) is 53.7. The molecular formula is C80H80BN3O3. The van der Waals surface area contributed by atoms with Gasteiger partial charge in [-0.1, -0.05) is 178 Å². The Morgan fingerprint density at radius 2 is 0.885 bits per heavy atom. The lowest BCUT2D eigenvalue weighted by molar-refractivity contribution is 0.332. The van der Waals surface area contributed by atoms with Gasteiger partial charge in [0.15, 0.2) is 5.58 Å². The molecule has 0 fully saturated rings. The van der Waals surface area contributed by atoms with Crippen molar-refractivity contribution >= 4 is 118 Å². The van der Waals surface area contributed by atoms with Crippen molar-refractivity contribution in [2.75, 3.05) is 14.6 Å². The summed E-state index contributed by atoms with van der Waals surface area (Å²) in [5.41, 5.74) is 24.9. The smallest absolute Gasteiger partial charge is 0.376 e. The molecule has 2 aliphatic heterocycles. The van der Waals surface area contributed by atoms with Gasteiger partial charge in [-0.15, -0.1) is 0 Å². The first-order chi connectivity index (χ1) is 41.1. The molecular weight excluding hydrogens is 1060 g/mol. The van der Waals surface area contributed by atoms with Gasteiger partial charge in [0.25, 0.3) is 0 Å². The largest absolute Gasteiger partial charge is 0.466 e. The first-order valence-electron chi connectivity index (χ1n) is 31.5. The van der Waals surface area contributed by atoms with E-state index in [1.54, 1.807) is 0 Å². The van der Waals surface area contributed by atoms with Gasteiger partial charge in [0.1, 0.15) is 28.0 Å². The summed E-state index contributed by atoms with van der Waals surface area (Å²) in [7, 11) is 0. The van der Waals surface area contributed by atoms with Crippen molar-refractivity contribution in [1.29, 1.82) is 0 Å². The van der Waals surface area contributed by atoms with Gasteiger partial charge < -0.3 is 27.9 Å². The van der Waals surface area contributed by atoms with Crippen molar-refractivity contribution in [3.05, 3.63) is 203 Å². The molecule has 7 heteroatoms. The highest BCUT2D eigenvalue weighted by Gasteiger charge is 2.51. The summed E-state index contributed by atoms with van der Waals surface area (Å²) in [6, 6.07) is 64.2. The van der Waals surface area contributed by atoms with E-state index in [9.17, 15) is 0 Å². The lowest BCUT2D eigenvalue weighted by Gasteiger charge is -2.44. The molecule has 87 heavy (non-hydrogen) atoms. The Kier molecular flexibility index (Phi) is 11.8. The first-order valence-corrected chi connectivity index (χ1v) is 31.5. The van der Waals surface area contributed by atoms with Gasteiger partial charge in [-0.3, -0.25) is 0 Å². The number of anilines is 8. The topological polar surface area (TPSA) is 49.1 Å². The van der Waals surface area contributed by atoms with Gasteiger partial charge in [0.2, 0.25) is 0 Å². The lowest BCUT2D eigenvalue weighted by atomic mass is 9.45. The van der Waals surface area contributed by atoms with Gasteiger partial charge in [-0.2, -0.15) is 0 Å². The van der Waals surface area contributed by atoms with Crippen LogP contribution in [0.4, 0.5) is 45.5 Å². The Bertz CT molecular complexity index is 4720. The van der Waals surface area contributed by atoms with Crippen molar-refractivity contribution in [2.24, 2.45) is 0 Å². The lowest BCUT2D eigenvalue weighted by Crippen LogP contribution is -2.61. The summed E-state index contributed by atoms with van der Waals surface area (Å²) in [5.74, 6) is 0.